The maximum Gasteiger partial charge on any atom is 0.268 e. The average Bonchev–Trinajstić information content (AvgIpc) is 3.47. The number of carbonyl (C=O) groups is 2. The second-order valence-corrected chi connectivity index (χ2v) is 10.6. The molecule has 4 rings (SSSR count). The Balaban J connectivity index is 1.31. The zero-order valence-electron chi connectivity index (χ0n) is 20.3. The maximum atomic E-state index is 13.5. The molecule has 0 unspecified atom stereocenters. The van der Waals surface area contributed by atoms with Gasteiger partial charge >= 0.3 is 0 Å². The lowest BCUT2D eigenvalue weighted by atomic mass is 10.2. The van der Waals surface area contributed by atoms with E-state index in [4.69, 9.17) is 5.26 Å². The molecule has 0 spiro atoms. The molecular formula is C25H24F2N6O4S. The topological polar surface area (TPSA) is 137 Å². The number of nitriles is 1. The Morgan fingerprint density at radius 2 is 1.84 bits per heavy atom. The summed E-state index contributed by atoms with van der Waals surface area (Å²) < 4.78 is 56.2. The van der Waals surface area contributed by atoms with Gasteiger partial charge in [-0.25, -0.2) is 17.2 Å². The van der Waals surface area contributed by atoms with Crippen LogP contribution in [-0.2, 0) is 21.4 Å². The summed E-state index contributed by atoms with van der Waals surface area (Å²) in [6, 6.07) is 13.6. The Bertz CT molecular complexity index is 1480. The van der Waals surface area contributed by atoms with Crippen molar-refractivity contribution in [2.45, 2.75) is 36.7 Å². The monoisotopic (exact) mass is 542 g/mol. The van der Waals surface area contributed by atoms with Crippen LogP contribution in [0.15, 0.2) is 65.8 Å². The zero-order chi connectivity index (χ0) is 27.5. The number of aromatic nitrogens is 2. The average molecular weight is 543 g/mol. The van der Waals surface area contributed by atoms with Crippen LogP contribution in [0.2, 0.25) is 0 Å². The Kier molecular flexibility index (Phi) is 7.45. The van der Waals surface area contributed by atoms with E-state index in [0.717, 1.165) is 16.0 Å². The van der Waals surface area contributed by atoms with E-state index in [1.807, 2.05) is 6.92 Å². The van der Waals surface area contributed by atoms with Crippen LogP contribution >= 0.6 is 0 Å². The van der Waals surface area contributed by atoms with Crippen LogP contribution in [0.5, 0.6) is 0 Å². The highest BCUT2D eigenvalue weighted by Crippen LogP contribution is 2.31. The van der Waals surface area contributed by atoms with Crippen molar-refractivity contribution < 1.29 is 26.8 Å². The van der Waals surface area contributed by atoms with Gasteiger partial charge in [-0.1, -0.05) is 29.8 Å². The number of aryl methyl sites for hydroxylation is 1. The summed E-state index contributed by atoms with van der Waals surface area (Å²) in [5.74, 6) is -4.53. The van der Waals surface area contributed by atoms with Crippen molar-refractivity contribution in [1.82, 2.24) is 20.0 Å². The summed E-state index contributed by atoms with van der Waals surface area (Å²) in [5, 5.41) is 15.5. The van der Waals surface area contributed by atoms with Crippen LogP contribution in [0.25, 0.3) is 0 Å². The van der Waals surface area contributed by atoms with Crippen LogP contribution in [0.4, 0.5) is 14.5 Å². The fraction of sp³-hybridized carbons (Fsp3) is 0.280. The van der Waals surface area contributed by atoms with E-state index >= 15 is 0 Å². The van der Waals surface area contributed by atoms with Crippen LogP contribution in [0, 0.1) is 18.3 Å². The fourth-order valence-electron chi connectivity index (χ4n) is 3.92. The molecular weight excluding hydrogens is 518 g/mol. The normalized spacial score (nSPS) is 16.6. The van der Waals surface area contributed by atoms with Crippen LogP contribution < -0.4 is 10.0 Å². The number of nitrogens with one attached hydrogen (secondary N) is 2. The van der Waals surface area contributed by atoms with Gasteiger partial charge in [0.25, 0.3) is 21.9 Å². The minimum atomic E-state index is -3.73. The summed E-state index contributed by atoms with van der Waals surface area (Å²) in [6.45, 7) is 0.762. The predicted octanol–water partition coefficient (Wildman–Crippen LogP) is 2.53. The van der Waals surface area contributed by atoms with E-state index < -0.39 is 53.3 Å². The van der Waals surface area contributed by atoms with E-state index in [1.54, 1.807) is 42.5 Å². The minimum Gasteiger partial charge on any atom is -0.343 e. The third-order valence-electron chi connectivity index (χ3n) is 5.92. The number of anilines is 1. The van der Waals surface area contributed by atoms with Gasteiger partial charge in [-0.2, -0.15) is 10.4 Å². The molecule has 1 aliphatic rings. The molecule has 0 bridgehead atoms. The highest BCUT2D eigenvalue weighted by atomic mass is 32.2. The first-order valence-electron chi connectivity index (χ1n) is 11.5. The van der Waals surface area contributed by atoms with Crippen LogP contribution in [-0.4, -0.2) is 60.0 Å². The van der Waals surface area contributed by atoms with E-state index in [1.165, 1.54) is 29.2 Å². The number of halogens is 2. The number of benzene rings is 2. The molecule has 1 fully saturated rings. The summed E-state index contributed by atoms with van der Waals surface area (Å²) in [7, 11) is -3.73. The number of hydrogen-bond acceptors (Lipinski definition) is 6. The number of amides is 2. The molecule has 13 heteroatoms. The van der Waals surface area contributed by atoms with E-state index in [0.29, 0.717) is 5.69 Å². The van der Waals surface area contributed by atoms with Crippen molar-refractivity contribution >= 4 is 27.5 Å². The summed E-state index contributed by atoms with van der Waals surface area (Å²) in [6.07, 6.45) is 2.03. The Labute approximate surface area is 217 Å². The van der Waals surface area contributed by atoms with Gasteiger partial charge in [0.2, 0.25) is 5.91 Å². The van der Waals surface area contributed by atoms with Gasteiger partial charge in [-0.05, 0) is 36.8 Å². The zero-order valence-corrected chi connectivity index (χ0v) is 21.1. The van der Waals surface area contributed by atoms with Crippen molar-refractivity contribution in [3.05, 3.63) is 77.6 Å². The number of rotatable bonds is 8. The molecule has 2 N–H and O–H groups in total. The first-order chi connectivity index (χ1) is 18.0. The van der Waals surface area contributed by atoms with E-state index in [2.05, 4.69) is 15.1 Å². The van der Waals surface area contributed by atoms with Crippen molar-refractivity contribution in [2.24, 2.45) is 0 Å². The molecule has 0 saturated carbocycles. The number of carbonyl (C=O) groups excluding carboxylic acids is 2. The molecule has 1 saturated heterocycles. The first-order valence-corrected chi connectivity index (χ1v) is 13.0. The quantitative estimate of drug-likeness (QED) is 0.449. The standard InChI is InChI=1S/C25H24F2N6O4S/c1-17-2-8-22(9-3-17)38(36,37)31-20-6-4-18(5-7-20)14-32-15-19(12-30-32)24(35)29-13-23(34)33-16-25(26,27)10-21(33)11-28/h2-9,12,15,21,31H,10,13-14,16H2,1H3,(H,29,35)/t21-/m0/s1. The van der Waals surface area contributed by atoms with Crippen molar-refractivity contribution in [3.8, 4) is 6.07 Å². The highest BCUT2D eigenvalue weighted by molar-refractivity contribution is 7.92. The summed E-state index contributed by atoms with van der Waals surface area (Å²) in [5.41, 5.74) is 2.27. The summed E-state index contributed by atoms with van der Waals surface area (Å²) in [4.78, 5) is 25.6. The molecule has 2 aromatic carbocycles. The molecule has 38 heavy (non-hydrogen) atoms. The fourth-order valence-corrected chi connectivity index (χ4v) is 4.98. The third kappa shape index (κ3) is 6.33. The van der Waals surface area contributed by atoms with Crippen molar-refractivity contribution in [3.63, 3.8) is 0 Å². The first kappa shape index (κ1) is 26.7. The number of sulfonamides is 1. The van der Waals surface area contributed by atoms with Gasteiger partial charge in [-0.3, -0.25) is 19.0 Å². The highest BCUT2D eigenvalue weighted by Gasteiger charge is 2.47. The smallest absolute Gasteiger partial charge is 0.268 e. The number of likely N-dealkylation sites (tertiary alicyclic amines) is 1. The SMILES string of the molecule is Cc1ccc(S(=O)(=O)Nc2ccc(Cn3cc(C(=O)NCC(=O)N4CC(F)(F)C[C@H]4C#N)cn3)cc2)cc1. The van der Waals surface area contributed by atoms with E-state index in [-0.39, 0.29) is 17.0 Å². The Morgan fingerprint density at radius 3 is 2.50 bits per heavy atom. The second kappa shape index (κ2) is 10.6. The Morgan fingerprint density at radius 1 is 1.16 bits per heavy atom. The second-order valence-electron chi connectivity index (χ2n) is 8.95. The molecule has 3 aromatic rings. The van der Waals surface area contributed by atoms with Gasteiger partial charge in [0.1, 0.15) is 6.04 Å². The van der Waals surface area contributed by atoms with Gasteiger partial charge in [0.15, 0.2) is 0 Å². The van der Waals surface area contributed by atoms with Gasteiger partial charge in [0.05, 0.1) is 42.4 Å². The third-order valence-corrected chi connectivity index (χ3v) is 7.31. The molecule has 2 amide bonds. The van der Waals surface area contributed by atoms with Gasteiger partial charge < -0.3 is 10.2 Å². The lowest BCUT2D eigenvalue weighted by molar-refractivity contribution is -0.131. The molecule has 10 nitrogen and oxygen atoms in total. The lowest BCUT2D eigenvalue weighted by Gasteiger charge is -2.19. The van der Waals surface area contributed by atoms with E-state index in [9.17, 15) is 26.8 Å². The molecule has 1 aromatic heterocycles. The minimum absolute atomic E-state index is 0.152. The molecule has 0 radical (unpaired) electrons. The number of nitrogens with zero attached hydrogens (tertiary/aromatic N) is 4. The van der Waals surface area contributed by atoms with Crippen LogP contribution in [0.3, 0.4) is 0 Å². The maximum absolute atomic E-state index is 13.5. The molecule has 1 atom stereocenters. The molecule has 2 heterocycles. The molecule has 0 aliphatic carbocycles. The van der Waals surface area contributed by atoms with Crippen LogP contribution in [0.1, 0.15) is 27.9 Å². The Hall–Kier alpha value is -4.31. The molecule has 198 valence electrons. The predicted molar refractivity (Wildman–Crippen MR) is 133 cm³/mol. The number of alkyl halides is 2. The largest absolute Gasteiger partial charge is 0.343 e. The molecule has 1 aliphatic heterocycles. The lowest BCUT2D eigenvalue weighted by Crippen LogP contribution is -2.42. The van der Waals surface area contributed by atoms with Gasteiger partial charge in [0, 0.05) is 18.3 Å². The number of hydrogen-bond donors (Lipinski definition) is 2. The van der Waals surface area contributed by atoms with Gasteiger partial charge in [-0.15, -0.1) is 0 Å². The van der Waals surface area contributed by atoms with Crippen molar-refractivity contribution in [2.75, 3.05) is 17.8 Å². The summed E-state index contributed by atoms with van der Waals surface area (Å²) >= 11 is 0. The van der Waals surface area contributed by atoms with Crippen molar-refractivity contribution in [1.29, 1.82) is 5.26 Å².